The molecule has 138 valence electrons. The molecule has 1 saturated carbocycles. The molecule has 2 fully saturated rings. The molecule has 26 heavy (non-hydrogen) atoms. The van der Waals surface area contributed by atoms with Crippen LogP contribution in [0.2, 0.25) is 0 Å². The Bertz CT molecular complexity index is 724. The van der Waals surface area contributed by atoms with E-state index >= 15 is 0 Å². The minimum absolute atomic E-state index is 0.0724. The average Bonchev–Trinajstić information content (AvgIpc) is 3.39. The van der Waals surface area contributed by atoms with E-state index in [4.69, 9.17) is 4.42 Å². The Morgan fingerprint density at radius 2 is 2.08 bits per heavy atom. The molecule has 1 unspecified atom stereocenters. The molecule has 1 aliphatic heterocycles. The highest BCUT2D eigenvalue weighted by Gasteiger charge is 2.33. The summed E-state index contributed by atoms with van der Waals surface area (Å²) in [6.07, 6.45) is 8.04. The van der Waals surface area contributed by atoms with Gasteiger partial charge in [0.2, 0.25) is 0 Å². The molecule has 1 aromatic heterocycles. The fourth-order valence-electron chi connectivity index (χ4n) is 3.84. The first-order chi connectivity index (χ1) is 12.8. The Balaban J connectivity index is 1.25. The number of aromatic nitrogens is 1. The maximum atomic E-state index is 12.6. The summed E-state index contributed by atoms with van der Waals surface area (Å²) in [5.74, 6) is 1.11. The Hall–Kier alpha value is -2.14. The SMILES string of the molecule is O=C(NC1CCCN(CCCc2ccccc2)C1)c1ncoc1C1CC1. The summed E-state index contributed by atoms with van der Waals surface area (Å²) in [4.78, 5) is 19.2. The third kappa shape index (κ3) is 4.33. The van der Waals surface area contributed by atoms with Crippen molar-refractivity contribution in [3.8, 4) is 0 Å². The predicted octanol–water partition coefficient (Wildman–Crippen LogP) is 3.38. The van der Waals surface area contributed by atoms with E-state index < -0.39 is 0 Å². The van der Waals surface area contributed by atoms with Crippen LogP contribution in [-0.2, 0) is 6.42 Å². The van der Waals surface area contributed by atoms with E-state index in [-0.39, 0.29) is 11.9 Å². The molecule has 1 atom stereocenters. The molecule has 1 amide bonds. The van der Waals surface area contributed by atoms with Gasteiger partial charge in [-0.1, -0.05) is 30.3 Å². The van der Waals surface area contributed by atoms with E-state index in [1.807, 2.05) is 0 Å². The van der Waals surface area contributed by atoms with Crippen LogP contribution >= 0.6 is 0 Å². The number of carbonyl (C=O) groups excluding carboxylic acids is 1. The first-order valence-electron chi connectivity index (χ1n) is 9.80. The first kappa shape index (κ1) is 17.3. The predicted molar refractivity (Wildman–Crippen MR) is 100 cm³/mol. The number of piperidine rings is 1. The largest absolute Gasteiger partial charge is 0.447 e. The fraction of sp³-hybridized carbons (Fsp3) is 0.524. The number of likely N-dealkylation sites (tertiary alicyclic amines) is 1. The minimum Gasteiger partial charge on any atom is -0.447 e. The highest BCUT2D eigenvalue weighted by molar-refractivity contribution is 5.93. The van der Waals surface area contributed by atoms with Gasteiger partial charge in [0.05, 0.1) is 0 Å². The van der Waals surface area contributed by atoms with E-state index in [1.54, 1.807) is 0 Å². The average molecular weight is 353 g/mol. The molecule has 0 bridgehead atoms. The van der Waals surface area contributed by atoms with E-state index in [0.29, 0.717) is 11.6 Å². The number of oxazole rings is 1. The molecule has 1 aromatic carbocycles. The maximum Gasteiger partial charge on any atom is 0.273 e. The third-order valence-corrected chi connectivity index (χ3v) is 5.38. The van der Waals surface area contributed by atoms with Gasteiger partial charge in [-0.15, -0.1) is 0 Å². The van der Waals surface area contributed by atoms with Crippen molar-refractivity contribution < 1.29 is 9.21 Å². The summed E-state index contributed by atoms with van der Waals surface area (Å²) in [6, 6.07) is 10.8. The van der Waals surface area contributed by atoms with Crippen LogP contribution in [0.1, 0.15) is 59.8 Å². The number of rotatable bonds is 7. The summed E-state index contributed by atoms with van der Waals surface area (Å²) < 4.78 is 5.43. The summed E-state index contributed by atoms with van der Waals surface area (Å²) in [5, 5.41) is 3.18. The van der Waals surface area contributed by atoms with Crippen molar-refractivity contribution in [2.45, 2.75) is 50.5 Å². The molecule has 4 rings (SSSR count). The number of carbonyl (C=O) groups is 1. The highest BCUT2D eigenvalue weighted by Crippen LogP contribution is 2.41. The van der Waals surface area contributed by atoms with Crippen LogP contribution in [0.4, 0.5) is 0 Å². The number of amides is 1. The van der Waals surface area contributed by atoms with E-state index in [1.165, 1.54) is 12.0 Å². The number of hydrogen-bond donors (Lipinski definition) is 1. The summed E-state index contributed by atoms with van der Waals surface area (Å²) in [5.41, 5.74) is 1.89. The van der Waals surface area contributed by atoms with Crippen molar-refractivity contribution in [1.82, 2.24) is 15.2 Å². The Labute approximate surface area is 154 Å². The van der Waals surface area contributed by atoms with Crippen molar-refractivity contribution in [2.24, 2.45) is 0 Å². The molecular formula is C21H27N3O2. The number of nitrogens with one attached hydrogen (secondary N) is 1. The maximum absolute atomic E-state index is 12.6. The van der Waals surface area contributed by atoms with Crippen molar-refractivity contribution in [2.75, 3.05) is 19.6 Å². The lowest BCUT2D eigenvalue weighted by molar-refractivity contribution is 0.0897. The van der Waals surface area contributed by atoms with Gasteiger partial charge in [0.25, 0.3) is 5.91 Å². The van der Waals surface area contributed by atoms with Gasteiger partial charge >= 0.3 is 0 Å². The topological polar surface area (TPSA) is 58.4 Å². The molecule has 2 aliphatic rings. The van der Waals surface area contributed by atoms with Crippen LogP contribution in [0.25, 0.3) is 0 Å². The number of benzene rings is 1. The molecular weight excluding hydrogens is 326 g/mol. The van der Waals surface area contributed by atoms with Gasteiger partial charge in [-0.05, 0) is 57.2 Å². The molecule has 0 spiro atoms. The monoisotopic (exact) mass is 353 g/mol. The van der Waals surface area contributed by atoms with E-state index in [0.717, 1.165) is 63.9 Å². The van der Waals surface area contributed by atoms with Crippen LogP contribution in [0.5, 0.6) is 0 Å². The van der Waals surface area contributed by atoms with E-state index in [2.05, 4.69) is 45.5 Å². The van der Waals surface area contributed by atoms with Gasteiger partial charge in [-0.3, -0.25) is 4.79 Å². The molecule has 5 nitrogen and oxygen atoms in total. The fourth-order valence-corrected chi connectivity index (χ4v) is 3.84. The van der Waals surface area contributed by atoms with Crippen molar-refractivity contribution in [3.63, 3.8) is 0 Å². The summed E-state index contributed by atoms with van der Waals surface area (Å²) >= 11 is 0. The first-order valence-corrected chi connectivity index (χ1v) is 9.80. The number of aryl methyl sites for hydroxylation is 1. The van der Waals surface area contributed by atoms with Gasteiger partial charge < -0.3 is 14.6 Å². The lowest BCUT2D eigenvalue weighted by Gasteiger charge is -2.33. The zero-order valence-corrected chi connectivity index (χ0v) is 15.2. The van der Waals surface area contributed by atoms with Gasteiger partial charge in [-0.2, -0.15) is 0 Å². The lowest BCUT2D eigenvalue weighted by Crippen LogP contribution is -2.48. The normalized spacial score (nSPS) is 20.8. The van der Waals surface area contributed by atoms with Crippen molar-refractivity contribution in [1.29, 1.82) is 0 Å². The van der Waals surface area contributed by atoms with Gasteiger partial charge in [0, 0.05) is 18.5 Å². The van der Waals surface area contributed by atoms with Crippen LogP contribution in [0, 0.1) is 0 Å². The quantitative estimate of drug-likeness (QED) is 0.829. The van der Waals surface area contributed by atoms with Crippen LogP contribution in [0.15, 0.2) is 41.1 Å². The number of hydrogen-bond acceptors (Lipinski definition) is 4. The molecule has 0 radical (unpaired) electrons. The van der Waals surface area contributed by atoms with Gasteiger partial charge in [0.15, 0.2) is 12.1 Å². The Morgan fingerprint density at radius 3 is 2.88 bits per heavy atom. The van der Waals surface area contributed by atoms with Crippen LogP contribution < -0.4 is 5.32 Å². The van der Waals surface area contributed by atoms with Crippen molar-refractivity contribution >= 4 is 5.91 Å². The highest BCUT2D eigenvalue weighted by atomic mass is 16.3. The molecule has 1 N–H and O–H groups in total. The summed E-state index contributed by atoms with van der Waals surface area (Å²) in [6.45, 7) is 3.13. The van der Waals surface area contributed by atoms with Gasteiger partial charge in [0.1, 0.15) is 5.76 Å². The molecule has 2 heterocycles. The molecule has 5 heteroatoms. The van der Waals surface area contributed by atoms with Crippen LogP contribution in [-0.4, -0.2) is 41.5 Å². The molecule has 1 saturated heterocycles. The smallest absolute Gasteiger partial charge is 0.273 e. The molecule has 2 aromatic rings. The standard InChI is InChI=1S/C21H27N3O2/c25-21(19-20(17-10-11-17)26-15-22-19)23-18-9-5-13-24(14-18)12-4-8-16-6-2-1-3-7-16/h1-3,6-7,15,17-18H,4-5,8-14H2,(H,23,25). The second-order valence-electron chi connectivity index (χ2n) is 7.54. The third-order valence-electron chi connectivity index (χ3n) is 5.38. The Morgan fingerprint density at radius 1 is 1.23 bits per heavy atom. The second-order valence-corrected chi connectivity index (χ2v) is 7.54. The zero-order chi connectivity index (χ0) is 17.8. The van der Waals surface area contributed by atoms with Gasteiger partial charge in [-0.25, -0.2) is 4.98 Å². The summed E-state index contributed by atoms with van der Waals surface area (Å²) in [7, 11) is 0. The van der Waals surface area contributed by atoms with Crippen LogP contribution in [0.3, 0.4) is 0 Å². The Kier molecular flexibility index (Phi) is 5.34. The second kappa shape index (κ2) is 8.04. The molecule has 1 aliphatic carbocycles. The lowest BCUT2D eigenvalue weighted by atomic mass is 10.0. The number of nitrogens with zero attached hydrogens (tertiary/aromatic N) is 2. The zero-order valence-electron chi connectivity index (χ0n) is 15.2. The minimum atomic E-state index is -0.0724. The van der Waals surface area contributed by atoms with Crippen molar-refractivity contribution in [3.05, 3.63) is 53.7 Å². The van der Waals surface area contributed by atoms with E-state index in [9.17, 15) is 4.79 Å².